The Morgan fingerprint density at radius 3 is 2.52 bits per heavy atom. The van der Waals surface area contributed by atoms with Gasteiger partial charge in [0.25, 0.3) is 5.91 Å². The van der Waals surface area contributed by atoms with Gasteiger partial charge in [-0.3, -0.25) is 9.69 Å². The molecule has 1 heterocycles. The summed E-state index contributed by atoms with van der Waals surface area (Å²) in [5.74, 6) is -0.0913. The summed E-state index contributed by atoms with van der Waals surface area (Å²) in [5, 5.41) is 2.08. The van der Waals surface area contributed by atoms with Crippen LogP contribution in [0.1, 0.15) is 11.1 Å². The van der Waals surface area contributed by atoms with Gasteiger partial charge in [-0.15, -0.1) is 0 Å². The molecule has 128 valence electrons. The topological polar surface area (TPSA) is 32.7 Å². The molecule has 0 unspecified atom stereocenters. The van der Waals surface area contributed by atoms with Crippen LogP contribution in [-0.4, -0.2) is 28.8 Å². The summed E-state index contributed by atoms with van der Waals surface area (Å²) in [6.45, 7) is 0.542. The number of carbonyl (C=O) groups is 1. The number of thioether (sulfide) groups is 1. The normalized spacial score (nSPS) is 15.8. The second kappa shape index (κ2) is 8.09. The van der Waals surface area contributed by atoms with Gasteiger partial charge in [-0.05, 0) is 48.1 Å². The molecule has 0 spiro atoms. The van der Waals surface area contributed by atoms with Crippen molar-refractivity contribution < 1.29 is 4.79 Å². The van der Waals surface area contributed by atoms with Crippen LogP contribution >= 0.6 is 35.0 Å². The Kier molecular flexibility index (Phi) is 5.84. The summed E-state index contributed by atoms with van der Waals surface area (Å²) in [4.78, 5) is 18.9. The van der Waals surface area contributed by atoms with Crippen LogP contribution < -0.4 is 0 Å². The number of halogens is 2. The van der Waals surface area contributed by atoms with Gasteiger partial charge < -0.3 is 0 Å². The standard InChI is InChI=1S/C19H16Cl2N2OS/c1-25-19-22-17(12-13-6-8-15(20)9-7-13)18(24)23(19)11-10-14-4-2-3-5-16(14)21/h2-9,12H,10-11H2,1H3/b17-12+. The Morgan fingerprint density at radius 2 is 1.84 bits per heavy atom. The third-order valence-corrected chi connectivity index (χ3v) is 5.13. The maximum atomic E-state index is 12.7. The van der Waals surface area contributed by atoms with Crippen molar-refractivity contribution in [2.75, 3.05) is 12.8 Å². The number of amidine groups is 1. The first-order valence-corrected chi connectivity index (χ1v) is 9.72. The average Bonchev–Trinajstić information content (AvgIpc) is 2.91. The van der Waals surface area contributed by atoms with E-state index in [0.717, 1.165) is 11.1 Å². The third-order valence-electron chi connectivity index (χ3n) is 3.83. The summed E-state index contributed by atoms with van der Waals surface area (Å²) in [6.07, 6.45) is 4.38. The number of benzene rings is 2. The van der Waals surface area contributed by atoms with E-state index >= 15 is 0 Å². The first kappa shape index (κ1) is 18.1. The molecule has 0 aromatic heterocycles. The van der Waals surface area contributed by atoms with Gasteiger partial charge >= 0.3 is 0 Å². The third kappa shape index (κ3) is 4.27. The molecule has 0 saturated carbocycles. The molecule has 3 rings (SSSR count). The van der Waals surface area contributed by atoms with Gasteiger partial charge in [0, 0.05) is 16.6 Å². The van der Waals surface area contributed by atoms with E-state index in [1.54, 1.807) is 23.1 Å². The highest BCUT2D eigenvalue weighted by molar-refractivity contribution is 8.13. The molecule has 6 heteroatoms. The van der Waals surface area contributed by atoms with Gasteiger partial charge in [0.1, 0.15) is 5.70 Å². The van der Waals surface area contributed by atoms with Gasteiger partial charge in [0.05, 0.1) is 0 Å². The van der Waals surface area contributed by atoms with Crippen LogP contribution in [0.25, 0.3) is 6.08 Å². The number of nitrogens with zero attached hydrogens (tertiary/aromatic N) is 2. The lowest BCUT2D eigenvalue weighted by molar-refractivity contribution is -0.122. The van der Waals surface area contributed by atoms with Crippen molar-refractivity contribution in [3.05, 3.63) is 75.4 Å². The zero-order valence-electron chi connectivity index (χ0n) is 13.6. The van der Waals surface area contributed by atoms with E-state index in [1.165, 1.54) is 11.8 Å². The van der Waals surface area contributed by atoms with Gasteiger partial charge in [0.2, 0.25) is 0 Å². The maximum absolute atomic E-state index is 12.7. The number of aliphatic imine (C=N–C) groups is 1. The smallest absolute Gasteiger partial charge is 0.278 e. The predicted molar refractivity (Wildman–Crippen MR) is 107 cm³/mol. The van der Waals surface area contributed by atoms with E-state index in [9.17, 15) is 4.79 Å². The number of rotatable bonds is 4. The molecular formula is C19H16Cl2N2OS. The van der Waals surface area contributed by atoms with Crippen molar-refractivity contribution in [1.82, 2.24) is 4.90 Å². The molecule has 1 amide bonds. The molecular weight excluding hydrogens is 375 g/mol. The van der Waals surface area contributed by atoms with E-state index in [4.69, 9.17) is 23.2 Å². The molecule has 25 heavy (non-hydrogen) atoms. The molecule has 3 nitrogen and oxygen atoms in total. The minimum Gasteiger partial charge on any atom is -0.285 e. The van der Waals surface area contributed by atoms with Gasteiger partial charge in [-0.25, -0.2) is 4.99 Å². The summed E-state index contributed by atoms with van der Waals surface area (Å²) in [6, 6.07) is 15.0. The maximum Gasteiger partial charge on any atom is 0.278 e. The fourth-order valence-electron chi connectivity index (χ4n) is 2.53. The highest BCUT2D eigenvalue weighted by atomic mass is 35.5. The van der Waals surface area contributed by atoms with Crippen molar-refractivity contribution in [2.45, 2.75) is 6.42 Å². The minimum absolute atomic E-state index is 0.0913. The largest absolute Gasteiger partial charge is 0.285 e. The average molecular weight is 391 g/mol. The fourth-order valence-corrected chi connectivity index (χ4v) is 3.47. The second-order valence-electron chi connectivity index (χ2n) is 5.48. The van der Waals surface area contributed by atoms with Crippen LogP contribution in [0.3, 0.4) is 0 Å². The quantitative estimate of drug-likeness (QED) is 0.677. The Labute approximate surface area is 161 Å². The number of hydrogen-bond acceptors (Lipinski definition) is 3. The summed E-state index contributed by atoms with van der Waals surface area (Å²) in [7, 11) is 0. The van der Waals surface area contributed by atoms with Crippen molar-refractivity contribution >= 4 is 52.1 Å². The Hall–Kier alpha value is -1.75. The molecule has 0 atom stereocenters. The molecule has 0 aliphatic carbocycles. The fraction of sp³-hybridized carbons (Fsp3) is 0.158. The predicted octanol–water partition coefficient (Wildman–Crippen LogP) is 5.14. The van der Waals surface area contributed by atoms with Gasteiger partial charge in [-0.2, -0.15) is 0 Å². The van der Waals surface area contributed by atoms with Crippen molar-refractivity contribution in [1.29, 1.82) is 0 Å². The van der Waals surface area contributed by atoms with Crippen LogP contribution in [0, 0.1) is 0 Å². The van der Waals surface area contributed by atoms with Gasteiger partial charge in [-0.1, -0.05) is 65.3 Å². The van der Waals surface area contributed by atoms with Crippen LogP contribution in [0.2, 0.25) is 10.0 Å². The van der Waals surface area contributed by atoms with E-state index in [-0.39, 0.29) is 5.91 Å². The monoisotopic (exact) mass is 390 g/mol. The molecule has 2 aromatic carbocycles. The van der Waals surface area contributed by atoms with Crippen molar-refractivity contribution in [2.24, 2.45) is 4.99 Å². The molecule has 2 aromatic rings. The van der Waals surface area contributed by atoms with Crippen LogP contribution in [-0.2, 0) is 11.2 Å². The lowest BCUT2D eigenvalue weighted by Crippen LogP contribution is -2.32. The zero-order valence-corrected chi connectivity index (χ0v) is 15.9. The number of hydrogen-bond donors (Lipinski definition) is 0. The Morgan fingerprint density at radius 1 is 1.12 bits per heavy atom. The molecule has 0 fully saturated rings. The summed E-state index contributed by atoms with van der Waals surface area (Å²) >= 11 is 13.6. The lowest BCUT2D eigenvalue weighted by atomic mass is 10.1. The van der Waals surface area contributed by atoms with Crippen LogP contribution in [0.15, 0.2) is 59.2 Å². The molecule has 0 bridgehead atoms. The first-order valence-electron chi connectivity index (χ1n) is 7.73. The number of carbonyl (C=O) groups excluding carboxylic acids is 1. The lowest BCUT2D eigenvalue weighted by Gasteiger charge is -2.17. The Balaban J connectivity index is 1.77. The molecule has 1 aliphatic heterocycles. The molecule has 1 aliphatic rings. The van der Waals surface area contributed by atoms with Crippen molar-refractivity contribution in [3.8, 4) is 0 Å². The van der Waals surface area contributed by atoms with Crippen molar-refractivity contribution in [3.63, 3.8) is 0 Å². The highest BCUT2D eigenvalue weighted by Gasteiger charge is 2.29. The molecule has 0 radical (unpaired) electrons. The summed E-state index contributed by atoms with van der Waals surface area (Å²) in [5.41, 5.74) is 2.35. The molecule has 0 N–H and O–H groups in total. The zero-order chi connectivity index (χ0) is 17.8. The highest BCUT2D eigenvalue weighted by Crippen LogP contribution is 2.24. The molecule has 0 saturated heterocycles. The summed E-state index contributed by atoms with van der Waals surface area (Å²) < 4.78 is 0. The van der Waals surface area contributed by atoms with E-state index in [2.05, 4.69) is 4.99 Å². The van der Waals surface area contributed by atoms with Gasteiger partial charge in [0.15, 0.2) is 5.17 Å². The van der Waals surface area contributed by atoms with E-state index in [0.29, 0.717) is 33.9 Å². The number of amides is 1. The Bertz CT molecular complexity index is 847. The van der Waals surface area contributed by atoms with E-state index < -0.39 is 0 Å². The second-order valence-corrected chi connectivity index (χ2v) is 7.09. The minimum atomic E-state index is -0.0913. The van der Waals surface area contributed by atoms with E-state index in [1.807, 2.05) is 42.7 Å². The van der Waals surface area contributed by atoms with Crippen LogP contribution in [0.4, 0.5) is 0 Å². The first-order chi connectivity index (χ1) is 12.1. The van der Waals surface area contributed by atoms with Crippen LogP contribution in [0.5, 0.6) is 0 Å². The SMILES string of the molecule is CSC1=N/C(=C/c2ccc(Cl)cc2)C(=O)N1CCc1ccccc1Cl.